The Morgan fingerprint density at radius 2 is 1.80 bits per heavy atom. The summed E-state index contributed by atoms with van der Waals surface area (Å²) in [5.41, 5.74) is 1.84. The van der Waals surface area contributed by atoms with Gasteiger partial charge in [-0.3, -0.25) is 4.68 Å². The van der Waals surface area contributed by atoms with E-state index in [4.69, 9.17) is 0 Å². The van der Waals surface area contributed by atoms with Gasteiger partial charge < -0.3 is 5.32 Å². The molecule has 1 aromatic heterocycles. The van der Waals surface area contributed by atoms with Crippen molar-refractivity contribution in [1.82, 2.24) is 15.1 Å². The van der Waals surface area contributed by atoms with Crippen molar-refractivity contribution >= 4 is 0 Å². The molecule has 3 nitrogen and oxygen atoms in total. The molecular formula is C14H16F3N3. The van der Waals surface area contributed by atoms with Crippen LogP contribution in [0.5, 0.6) is 0 Å². The molecule has 0 amide bonds. The number of aromatic nitrogens is 2. The van der Waals surface area contributed by atoms with Crippen molar-refractivity contribution in [1.29, 1.82) is 0 Å². The SMILES string of the molecule is CNC(C)c1cnn(C)c1-c1ccc(C(F)(F)F)cc1. The lowest BCUT2D eigenvalue weighted by Crippen LogP contribution is -2.13. The lowest BCUT2D eigenvalue weighted by Gasteiger charge is -2.13. The number of halogens is 3. The van der Waals surface area contributed by atoms with E-state index in [0.29, 0.717) is 0 Å². The Morgan fingerprint density at radius 1 is 1.20 bits per heavy atom. The van der Waals surface area contributed by atoms with E-state index in [9.17, 15) is 13.2 Å². The Kier molecular flexibility index (Phi) is 3.85. The van der Waals surface area contributed by atoms with Gasteiger partial charge >= 0.3 is 6.18 Å². The number of nitrogens with one attached hydrogen (secondary N) is 1. The summed E-state index contributed by atoms with van der Waals surface area (Å²) in [4.78, 5) is 0. The van der Waals surface area contributed by atoms with Crippen LogP contribution in [0, 0.1) is 0 Å². The predicted molar refractivity (Wildman–Crippen MR) is 71.1 cm³/mol. The molecule has 1 atom stereocenters. The maximum absolute atomic E-state index is 12.6. The molecular weight excluding hydrogens is 267 g/mol. The summed E-state index contributed by atoms with van der Waals surface area (Å²) in [6.07, 6.45) is -2.58. The maximum atomic E-state index is 12.6. The third kappa shape index (κ3) is 2.70. The van der Waals surface area contributed by atoms with E-state index in [2.05, 4.69) is 10.4 Å². The minimum absolute atomic E-state index is 0.0704. The molecule has 6 heteroatoms. The minimum atomic E-state index is -4.31. The first kappa shape index (κ1) is 14.6. The van der Waals surface area contributed by atoms with Gasteiger partial charge in [0.1, 0.15) is 0 Å². The Balaban J connectivity index is 2.44. The Morgan fingerprint density at radius 3 is 2.30 bits per heavy atom. The molecule has 20 heavy (non-hydrogen) atoms. The molecule has 1 unspecified atom stereocenters. The summed E-state index contributed by atoms with van der Waals surface area (Å²) in [5, 5.41) is 7.29. The summed E-state index contributed by atoms with van der Waals surface area (Å²) in [6, 6.07) is 5.21. The van der Waals surface area contributed by atoms with Crippen LogP contribution in [0.1, 0.15) is 24.1 Å². The molecule has 0 radical (unpaired) electrons. The molecule has 0 saturated carbocycles. The van der Waals surface area contributed by atoms with E-state index in [0.717, 1.165) is 29.0 Å². The zero-order chi connectivity index (χ0) is 14.9. The molecule has 0 aliphatic carbocycles. The van der Waals surface area contributed by atoms with Crippen LogP contribution in [-0.2, 0) is 13.2 Å². The molecule has 1 heterocycles. The molecule has 0 aliphatic rings. The van der Waals surface area contributed by atoms with Gasteiger partial charge in [0.2, 0.25) is 0 Å². The van der Waals surface area contributed by atoms with Crippen molar-refractivity contribution in [2.45, 2.75) is 19.1 Å². The summed E-state index contributed by atoms with van der Waals surface area (Å²) in [7, 11) is 3.60. The van der Waals surface area contributed by atoms with Gasteiger partial charge in [0.25, 0.3) is 0 Å². The highest BCUT2D eigenvalue weighted by molar-refractivity contribution is 5.64. The zero-order valence-corrected chi connectivity index (χ0v) is 11.5. The molecule has 2 aromatic rings. The van der Waals surface area contributed by atoms with Crippen LogP contribution in [0.15, 0.2) is 30.5 Å². The summed E-state index contributed by atoms with van der Waals surface area (Å²) in [6.45, 7) is 1.98. The summed E-state index contributed by atoms with van der Waals surface area (Å²) >= 11 is 0. The van der Waals surface area contributed by atoms with Crippen molar-refractivity contribution in [3.63, 3.8) is 0 Å². The monoisotopic (exact) mass is 283 g/mol. The second-order valence-electron chi connectivity index (χ2n) is 4.66. The number of rotatable bonds is 3. The molecule has 0 fully saturated rings. The number of hydrogen-bond donors (Lipinski definition) is 1. The lowest BCUT2D eigenvalue weighted by atomic mass is 10.0. The minimum Gasteiger partial charge on any atom is -0.313 e. The first-order valence-electron chi connectivity index (χ1n) is 6.21. The fourth-order valence-electron chi connectivity index (χ4n) is 2.10. The molecule has 2 rings (SSSR count). The van der Waals surface area contributed by atoms with Gasteiger partial charge in [0.15, 0.2) is 0 Å². The quantitative estimate of drug-likeness (QED) is 0.935. The lowest BCUT2D eigenvalue weighted by molar-refractivity contribution is -0.137. The molecule has 0 aliphatic heterocycles. The summed E-state index contributed by atoms with van der Waals surface area (Å²) in [5.74, 6) is 0. The molecule has 0 saturated heterocycles. The highest BCUT2D eigenvalue weighted by Gasteiger charge is 2.30. The van der Waals surface area contributed by atoms with Crippen LogP contribution < -0.4 is 5.32 Å². The zero-order valence-electron chi connectivity index (χ0n) is 11.5. The number of hydrogen-bond acceptors (Lipinski definition) is 2. The smallest absolute Gasteiger partial charge is 0.313 e. The van der Waals surface area contributed by atoms with Crippen LogP contribution >= 0.6 is 0 Å². The van der Waals surface area contributed by atoms with Gasteiger partial charge in [-0.25, -0.2) is 0 Å². The number of nitrogens with zero attached hydrogens (tertiary/aromatic N) is 2. The van der Waals surface area contributed by atoms with Crippen molar-refractivity contribution < 1.29 is 13.2 Å². The molecule has 0 spiro atoms. The van der Waals surface area contributed by atoms with Gasteiger partial charge in [-0.05, 0) is 26.1 Å². The third-order valence-corrected chi connectivity index (χ3v) is 3.35. The van der Waals surface area contributed by atoms with Gasteiger partial charge in [0.05, 0.1) is 17.5 Å². The highest BCUT2D eigenvalue weighted by atomic mass is 19.4. The Bertz CT molecular complexity index is 585. The second kappa shape index (κ2) is 5.28. The third-order valence-electron chi connectivity index (χ3n) is 3.35. The Hall–Kier alpha value is -1.82. The van der Waals surface area contributed by atoms with Crippen molar-refractivity contribution in [2.24, 2.45) is 7.05 Å². The van der Waals surface area contributed by atoms with Crippen LogP contribution in [0.3, 0.4) is 0 Å². The first-order chi connectivity index (χ1) is 9.34. The van der Waals surface area contributed by atoms with Crippen LogP contribution in [0.4, 0.5) is 13.2 Å². The van der Waals surface area contributed by atoms with Crippen molar-refractivity contribution in [2.75, 3.05) is 7.05 Å². The molecule has 0 bridgehead atoms. The molecule has 1 N–H and O–H groups in total. The van der Waals surface area contributed by atoms with Gasteiger partial charge in [-0.2, -0.15) is 18.3 Å². The van der Waals surface area contributed by atoms with Gasteiger partial charge in [0, 0.05) is 24.2 Å². The number of benzene rings is 1. The average molecular weight is 283 g/mol. The first-order valence-corrected chi connectivity index (χ1v) is 6.21. The van der Waals surface area contributed by atoms with E-state index in [1.807, 2.05) is 14.0 Å². The van der Waals surface area contributed by atoms with E-state index >= 15 is 0 Å². The topological polar surface area (TPSA) is 29.9 Å². The van der Waals surface area contributed by atoms with Crippen LogP contribution in [0.2, 0.25) is 0 Å². The number of alkyl halides is 3. The second-order valence-corrected chi connectivity index (χ2v) is 4.66. The van der Waals surface area contributed by atoms with Crippen LogP contribution in [0.25, 0.3) is 11.3 Å². The standard InChI is InChI=1S/C14H16F3N3/c1-9(18-2)12-8-19-20(3)13(12)10-4-6-11(7-5-10)14(15,16)17/h4-9,18H,1-3H3. The Labute approximate surface area is 115 Å². The van der Waals surface area contributed by atoms with E-state index in [1.54, 1.807) is 17.9 Å². The van der Waals surface area contributed by atoms with Crippen molar-refractivity contribution in [3.8, 4) is 11.3 Å². The number of aryl methyl sites for hydroxylation is 1. The average Bonchev–Trinajstić information content (AvgIpc) is 2.79. The maximum Gasteiger partial charge on any atom is 0.416 e. The molecule has 1 aromatic carbocycles. The van der Waals surface area contributed by atoms with Crippen molar-refractivity contribution in [3.05, 3.63) is 41.6 Å². The summed E-state index contributed by atoms with van der Waals surface area (Å²) < 4.78 is 39.4. The van der Waals surface area contributed by atoms with Crippen LogP contribution in [-0.4, -0.2) is 16.8 Å². The normalized spacial score (nSPS) is 13.5. The largest absolute Gasteiger partial charge is 0.416 e. The van der Waals surface area contributed by atoms with E-state index in [-0.39, 0.29) is 6.04 Å². The van der Waals surface area contributed by atoms with E-state index in [1.165, 1.54) is 12.1 Å². The van der Waals surface area contributed by atoms with Gasteiger partial charge in [-0.15, -0.1) is 0 Å². The van der Waals surface area contributed by atoms with E-state index < -0.39 is 11.7 Å². The predicted octanol–water partition coefficient (Wildman–Crippen LogP) is 3.39. The molecule has 108 valence electrons. The fourth-order valence-corrected chi connectivity index (χ4v) is 2.10. The van der Waals surface area contributed by atoms with Gasteiger partial charge in [-0.1, -0.05) is 12.1 Å². The highest BCUT2D eigenvalue weighted by Crippen LogP contribution is 2.32. The fraction of sp³-hybridized carbons (Fsp3) is 0.357.